The topological polar surface area (TPSA) is 56.2 Å². The van der Waals surface area contributed by atoms with Gasteiger partial charge in [-0.15, -0.1) is 0 Å². The van der Waals surface area contributed by atoms with E-state index in [2.05, 4.69) is 18.8 Å². The molecular weight excluding hydrogens is 206 g/mol. The zero-order valence-electron chi connectivity index (χ0n) is 9.53. The molecule has 0 unspecified atom stereocenters. The van der Waals surface area contributed by atoms with E-state index in [0.29, 0.717) is 29.2 Å². The standard InChI is InChI=1S/C12H15NO3/c1-3-8(4-2)5-11-13-9-7-15-10(6-14)12(9)16-11/h6-8H,3-5H2,1-2H3. The summed E-state index contributed by atoms with van der Waals surface area (Å²) in [6, 6.07) is 0. The third-order valence-corrected chi connectivity index (χ3v) is 2.94. The van der Waals surface area contributed by atoms with Crippen LogP contribution in [0.25, 0.3) is 11.1 Å². The van der Waals surface area contributed by atoms with Crippen LogP contribution >= 0.6 is 0 Å². The lowest BCUT2D eigenvalue weighted by Gasteiger charge is -2.07. The highest BCUT2D eigenvalue weighted by molar-refractivity contribution is 5.89. The maximum Gasteiger partial charge on any atom is 0.211 e. The van der Waals surface area contributed by atoms with Gasteiger partial charge >= 0.3 is 0 Å². The second kappa shape index (κ2) is 4.51. The van der Waals surface area contributed by atoms with E-state index in [9.17, 15) is 4.79 Å². The molecule has 0 aliphatic rings. The van der Waals surface area contributed by atoms with Crippen LogP contribution in [-0.4, -0.2) is 11.3 Å². The van der Waals surface area contributed by atoms with Crippen LogP contribution in [0.1, 0.15) is 43.1 Å². The van der Waals surface area contributed by atoms with Crippen molar-refractivity contribution in [1.82, 2.24) is 4.98 Å². The van der Waals surface area contributed by atoms with Gasteiger partial charge in [0.1, 0.15) is 11.8 Å². The first-order chi connectivity index (χ1) is 7.78. The van der Waals surface area contributed by atoms with Crippen molar-refractivity contribution in [2.75, 3.05) is 0 Å². The maximum absolute atomic E-state index is 10.6. The Kier molecular flexibility index (Phi) is 3.08. The van der Waals surface area contributed by atoms with E-state index >= 15 is 0 Å². The van der Waals surface area contributed by atoms with Crippen molar-refractivity contribution in [2.45, 2.75) is 33.1 Å². The van der Waals surface area contributed by atoms with Crippen LogP contribution in [0.15, 0.2) is 15.1 Å². The molecule has 0 aliphatic heterocycles. The number of fused-ring (bicyclic) bond motifs is 1. The summed E-state index contributed by atoms with van der Waals surface area (Å²) in [5.41, 5.74) is 1.10. The van der Waals surface area contributed by atoms with Gasteiger partial charge in [0.25, 0.3) is 0 Å². The van der Waals surface area contributed by atoms with Crippen LogP contribution in [0.2, 0.25) is 0 Å². The van der Waals surface area contributed by atoms with Gasteiger partial charge < -0.3 is 8.83 Å². The third-order valence-electron chi connectivity index (χ3n) is 2.94. The van der Waals surface area contributed by atoms with Gasteiger partial charge in [-0.25, -0.2) is 4.98 Å². The molecule has 0 atom stereocenters. The van der Waals surface area contributed by atoms with Crippen LogP contribution < -0.4 is 0 Å². The van der Waals surface area contributed by atoms with Gasteiger partial charge in [0, 0.05) is 6.42 Å². The number of hydrogen-bond donors (Lipinski definition) is 0. The molecule has 0 saturated carbocycles. The van der Waals surface area contributed by atoms with E-state index in [0.717, 1.165) is 19.3 Å². The first-order valence-electron chi connectivity index (χ1n) is 5.60. The fourth-order valence-electron chi connectivity index (χ4n) is 1.80. The minimum Gasteiger partial charge on any atom is -0.455 e. The summed E-state index contributed by atoms with van der Waals surface area (Å²) in [5.74, 6) is 1.50. The number of rotatable bonds is 5. The normalized spacial score (nSPS) is 11.4. The molecule has 0 aromatic carbocycles. The molecule has 86 valence electrons. The SMILES string of the molecule is CCC(CC)Cc1nc2coc(C=O)c2o1. The minimum absolute atomic E-state index is 0.221. The van der Waals surface area contributed by atoms with E-state index < -0.39 is 0 Å². The van der Waals surface area contributed by atoms with Gasteiger partial charge in [-0.1, -0.05) is 26.7 Å². The molecule has 2 aromatic heterocycles. The fourth-order valence-corrected chi connectivity index (χ4v) is 1.80. The van der Waals surface area contributed by atoms with Crippen LogP contribution in [0.4, 0.5) is 0 Å². The Labute approximate surface area is 93.6 Å². The monoisotopic (exact) mass is 221 g/mol. The number of aromatic nitrogens is 1. The third kappa shape index (κ3) is 1.87. The fraction of sp³-hybridized carbons (Fsp3) is 0.500. The minimum atomic E-state index is 0.221. The molecule has 4 heteroatoms. The lowest BCUT2D eigenvalue weighted by molar-refractivity contribution is 0.110. The first kappa shape index (κ1) is 10.9. The second-order valence-electron chi connectivity index (χ2n) is 3.93. The van der Waals surface area contributed by atoms with E-state index in [1.807, 2.05) is 0 Å². The number of hydrogen-bond acceptors (Lipinski definition) is 4. The number of carbonyl (C=O) groups excluding carboxylic acids is 1. The van der Waals surface area contributed by atoms with Crippen molar-refractivity contribution in [2.24, 2.45) is 5.92 Å². The molecule has 0 radical (unpaired) electrons. The van der Waals surface area contributed by atoms with Crippen LogP contribution in [0.5, 0.6) is 0 Å². The van der Waals surface area contributed by atoms with Crippen molar-refractivity contribution >= 4 is 17.4 Å². The molecule has 0 spiro atoms. The average Bonchev–Trinajstić information content (AvgIpc) is 2.84. The van der Waals surface area contributed by atoms with Gasteiger partial charge in [-0.3, -0.25) is 4.79 Å². The second-order valence-corrected chi connectivity index (χ2v) is 3.93. The molecule has 2 rings (SSSR count). The summed E-state index contributed by atoms with van der Waals surface area (Å²) in [5, 5.41) is 0. The number of oxazole rings is 1. The van der Waals surface area contributed by atoms with Crippen molar-refractivity contribution in [3.63, 3.8) is 0 Å². The summed E-state index contributed by atoms with van der Waals surface area (Å²) in [4.78, 5) is 14.9. The zero-order valence-corrected chi connectivity index (χ0v) is 9.53. The summed E-state index contributed by atoms with van der Waals surface area (Å²) >= 11 is 0. The number of nitrogens with zero attached hydrogens (tertiary/aromatic N) is 1. The van der Waals surface area contributed by atoms with Crippen LogP contribution in [0, 0.1) is 5.92 Å². The highest BCUT2D eigenvalue weighted by Gasteiger charge is 2.15. The number of carbonyl (C=O) groups is 1. The number of furan rings is 1. The van der Waals surface area contributed by atoms with Crippen LogP contribution in [-0.2, 0) is 6.42 Å². The quantitative estimate of drug-likeness (QED) is 0.727. The largest absolute Gasteiger partial charge is 0.455 e. The molecule has 0 saturated heterocycles. The summed E-state index contributed by atoms with van der Waals surface area (Å²) in [6.07, 6.45) is 5.13. The summed E-state index contributed by atoms with van der Waals surface area (Å²) in [7, 11) is 0. The Morgan fingerprint density at radius 3 is 2.81 bits per heavy atom. The lowest BCUT2D eigenvalue weighted by Crippen LogP contribution is -2.01. The summed E-state index contributed by atoms with van der Waals surface area (Å²) < 4.78 is 10.5. The van der Waals surface area contributed by atoms with Crippen molar-refractivity contribution in [1.29, 1.82) is 0 Å². The molecular formula is C12H15NO3. The smallest absolute Gasteiger partial charge is 0.211 e. The molecule has 4 nitrogen and oxygen atoms in total. The van der Waals surface area contributed by atoms with Gasteiger partial charge in [0.05, 0.1) is 0 Å². The van der Waals surface area contributed by atoms with E-state index in [1.54, 1.807) is 0 Å². The van der Waals surface area contributed by atoms with Gasteiger partial charge in [0.2, 0.25) is 11.3 Å². The Morgan fingerprint density at radius 2 is 2.19 bits per heavy atom. The van der Waals surface area contributed by atoms with Crippen LogP contribution in [0.3, 0.4) is 0 Å². The molecule has 2 heterocycles. The van der Waals surface area contributed by atoms with E-state index in [-0.39, 0.29) is 5.76 Å². The van der Waals surface area contributed by atoms with Crippen molar-refractivity contribution in [3.05, 3.63) is 17.9 Å². The van der Waals surface area contributed by atoms with Gasteiger partial charge in [-0.2, -0.15) is 0 Å². The zero-order chi connectivity index (χ0) is 11.5. The molecule has 2 aromatic rings. The molecule has 0 amide bonds. The first-order valence-corrected chi connectivity index (χ1v) is 5.60. The summed E-state index contributed by atoms with van der Waals surface area (Å²) in [6.45, 7) is 4.31. The Bertz CT molecular complexity index is 479. The van der Waals surface area contributed by atoms with Gasteiger partial charge in [-0.05, 0) is 5.92 Å². The Hall–Kier alpha value is -1.58. The number of aldehydes is 1. The maximum atomic E-state index is 10.6. The van der Waals surface area contributed by atoms with E-state index in [4.69, 9.17) is 8.83 Å². The Morgan fingerprint density at radius 1 is 1.44 bits per heavy atom. The van der Waals surface area contributed by atoms with Crippen molar-refractivity contribution in [3.8, 4) is 0 Å². The highest BCUT2D eigenvalue weighted by Crippen LogP contribution is 2.23. The predicted octanol–water partition coefficient (Wildman–Crippen LogP) is 3.21. The Balaban J connectivity index is 2.25. The molecule has 0 bridgehead atoms. The molecule has 0 aliphatic carbocycles. The predicted molar refractivity (Wildman–Crippen MR) is 59.4 cm³/mol. The van der Waals surface area contributed by atoms with E-state index in [1.165, 1.54) is 6.26 Å². The van der Waals surface area contributed by atoms with Gasteiger partial charge in [0.15, 0.2) is 12.2 Å². The molecule has 0 N–H and O–H groups in total. The average molecular weight is 221 g/mol. The van der Waals surface area contributed by atoms with Crippen molar-refractivity contribution < 1.29 is 13.6 Å². The highest BCUT2D eigenvalue weighted by atomic mass is 16.4. The lowest BCUT2D eigenvalue weighted by atomic mass is 10.00. The molecule has 0 fully saturated rings. The molecule has 16 heavy (non-hydrogen) atoms.